The van der Waals surface area contributed by atoms with E-state index in [2.05, 4.69) is 4.74 Å². The number of thioether (sulfide) groups is 1. The number of aliphatic hydroxyl groups is 1. The lowest BCUT2D eigenvalue weighted by Crippen LogP contribution is -2.12. The van der Waals surface area contributed by atoms with Crippen LogP contribution in [0.1, 0.15) is 77.7 Å². The molecule has 2 aromatic heterocycles. The minimum Gasteiger partial charge on any atom is -0.507 e. The van der Waals surface area contributed by atoms with Crippen molar-refractivity contribution in [2.45, 2.75) is 62.2 Å². The Balaban J connectivity index is 1.40. The number of ether oxygens (including phenoxy) is 2. The number of aromatic carboxylic acids is 1. The lowest BCUT2D eigenvalue weighted by Gasteiger charge is -2.18. The summed E-state index contributed by atoms with van der Waals surface area (Å²) < 4.78 is 20.9. The second kappa shape index (κ2) is 17.2. The Kier molecular flexibility index (Phi) is 12.9. The Bertz CT molecular complexity index is 1920. The predicted molar refractivity (Wildman–Crippen MR) is 181 cm³/mol. The first-order valence-electron chi connectivity index (χ1n) is 15.5. The predicted octanol–water partition coefficient (Wildman–Crippen LogP) is 7.56. The summed E-state index contributed by atoms with van der Waals surface area (Å²) in [7, 11) is 0. The van der Waals surface area contributed by atoms with Crippen molar-refractivity contribution in [1.82, 2.24) is 0 Å². The van der Waals surface area contributed by atoms with Crippen LogP contribution in [0.15, 0.2) is 91.6 Å². The number of furan rings is 1. The van der Waals surface area contributed by atoms with Gasteiger partial charge in [0.15, 0.2) is 11.2 Å². The van der Waals surface area contributed by atoms with Gasteiger partial charge in [-0.05, 0) is 69.0 Å². The number of phenols is 1. The number of fused-ring (bicyclic) bond motifs is 1. The van der Waals surface area contributed by atoms with E-state index >= 15 is 0 Å². The number of aromatic hydroxyl groups is 1. The van der Waals surface area contributed by atoms with E-state index in [1.54, 1.807) is 30.4 Å². The third-order valence-electron chi connectivity index (χ3n) is 7.31. The molecule has 13 heteroatoms. The number of phenolic OH excluding ortho intramolecular Hbond substituents is 1. The highest BCUT2D eigenvalue weighted by Gasteiger charge is 2.24. The summed E-state index contributed by atoms with van der Waals surface area (Å²) in [5, 5.41) is 39.4. The minimum atomic E-state index is -1.64. The zero-order chi connectivity index (χ0) is 35.5. The molecule has 2 heterocycles. The van der Waals surface area contributed by atoms with Gasteiger partial charge in [0.05, 0.1) is 41.2 Å². The van der Waals surface area contributed by atoms with Crippen molar-refractivity contribution in [1.29, 1.82) is 0 Å². The molecule has 12 nitrogen and oxygen atoms in total. The molecule has 0 aliphatic carbocycles. The zero-order valence-electron chi connectivity index (χ0n) is 26.8. The Morgan fingerprint density at radius 3 is 2.53 bits per heavy atom. The number of benzene rings is 2. The average molecular weight is 693 g/mol. The number of carbonyl (C=O) groups is 3. The lowest BCUT2D eigenvalue weighted by atomic mass is 10.0. The van der Waals surface area contributed by atoms with Crippen molar-refractivity contribution >= 4 is 40.6 Å². The lowest BCUT2D eigenvalue weighted by molar-refractivity contribution is 0.0662. The number of allylic oxidation sites excluding steroid dienone is 3. The van der Waals surface area contributed by atoms with Gasteiger partial charge in [-0.2, -0.15) is 0 Å². The molecule has 4 N–H and O–H groups in total. The Morgan fingerprint density at radius 1 is 1.04 bits per heavy atom. The second-order valence-corrected chi connectivity index (χ2v) is 12.2. The van der Waals surface area contributed by atoms with Crippen LogP contribution in [-0.4, -0.2) is 50.2 Å². The third kappa shape index (κ3) is 9.87. The Labute approximate surface area is 285 Å². The van der Waals surface area contributed by atoms with Crippen LogP contribution in [-0.2, 0) is 6.42 Å². The topological polar surface area (TPSA) is 194 Å². The monoisotopic (exact) mass is 692 g/mol. The van der Waals surface area contributed by atoms with Gasteiger partial charge in [0.25, 0.3) is 5.95 Å². The number of aliphatic hydroxyl groups excluding tert-OH is 1. The normalized spacial score (nSPS) is 12.8. The van der Waals surface area contributed by atoms with Crippen LogP contribution in [0.4, 0.5) is 4.79 Å². The molecule has 2 atom stereocenters. The number of carbonyl (C=O) groups excluding carboxylic acids is 1. The van der Waals surface area contributed by atoms with E-state index in [1.165, 1.54) is 43.1 Å². The number of carboxylic acid groups (broad SMARTS) is 2. The van der Waals surface area contributed by atoms with Crippen LogP contribution in [0.25, 0.3) is 11.0 Å². The third-order valence-corrected chi connectivity index (χ3v) is 8.52. The quantitative estimate of drug-likeness (QED) is 0.0279. The average Bonchev–Trinajstić information content (AvgIpc) is 3.55. The van der Waals surface area contributed by atoms with Gasteiger partial charge in [-0.25, -0.2) is 9.59 Å². The Hall–Kier alpha value is -5.27. The smallest absolute Gasteiger partial charge is 0.507 e. The first-order valence-corrected chi connectivity index (χ1v) is 16.3. The summed E-state index contributed by atoms with van der Waals surface area (Å²) in [5.41, 5.74) is 0.752. The molecular formula is C36H36O12S. The minimum absolute atomic E-state index is 0.0232. The van der Waals surface area contributed by atoms with Gasteiger partial charge < -0.3 is 38.7 Å². The number of carboxylic acids is 1. The van der Waals surface area contributed by atoms with Gasteiger partial charge in [0.1, 0.15) is 17.1 Å². The molecule has 0 unspecified atom stereocenters. The highest BCUT2D eigenvalue weighted by atomic mass is 32.2. The molecule has 0 aliphatic rings. The van der Waals surface area contributed by atoms with E-state index in [0.29, 0.717) is 29.2 Å². The summed E-state index contributed by atoms with van der Waals surface area (Å²) in [6.07, 6.45) is 9.29. The standard InChI is InChI=1S/C36H36O12S/c1-3-10-26-28(15-14-24(21(2)37)34(26)40)45-16-9-7-5-4-6-8-11-31(33(39)22-17-30(35(41)42)46-20-22)49-23-12-13-25-27(38)19-32(48-36(43)44)47-29(25)18-23/h4,6,8,11-15,17-20,31,33,39-40H,3,5,7,9-10,16H2,1-2H3,(H,41,42)(H,43,44)/b6-4-,11-8+/t31-,33+/m0/s1. The highest BCUT2D eigenvalue weighted by molar-refractivity contribution is 8.00. The van der Waals surface area contributed by atoms with Crippen LogP contribution in [0.3, 0.4) is 0 Å². The molecule has 0 bridgehead atoms. The van der Waals surface area contributed by atoms with Crippen molar-refractivity contribution in [3.05, 3.63) is 106 Å². The van der Waals surface area contributed by atoms with E-state index in [0.717, 1.165) is 31.7 Å². The number of ketones is 1. The summed E-state index contributed by atoms with van der Waals surface area (Å²) >= 11 is 1.20. The summed E-state index contributed by atoms with van der Waals surface area (Å²) in [4.78, 5) is 47.0. The molecule has 2 aromatic carbocycles. The van der Waals surface area contributed by atoms with Crippen LogP contribution in [0, 0.1) is 0 Å². The fraction of sp³-hybridized carbons (Fsp3) is 0.278. The van der Waals surface area contributed by atoms with Crippen molar-refractivity contribution in [3.63, 3.8) is 0 Å². The highest BCUT2D eigenvalue weighted by Crippen LogP contribution is 2.36. The Morgan fingerprint density at radius 2 is 1.84 bits per heavy atom. The summed E-state index contributed by atoms with van der Waals surface area (Å²) in [5.74, 6) is -1.74. The molecule has 0 aliphatic heterocycles. The van der Waals surface area contributed by atoms with Crippen molar-refractivity contribution in [3.8, 4) is 17.4 Å². The number of Topliss-reactive ketones (excluding diaryl/α,β-unsaturated/α-hetero) is 1. The van der Waals surface area contributed by atoms with Gasteiger partial charge in [0, 0.05) is 16.0 Å². The van der Waals surface area contributed by atoms with Crippen LogP contribution < -0.4 is 14.9 Å². The van der Waals surface area contributed by atoms with Crippen LogP contribution in [0.2, 0.25) is 0 Å². The molecule has 0 fully saturated rings. The zero-order valence-corrected chi connectivity index (χ0v) is 27.6. The van der Waals surface area contributed by atoms with Gasteiger partial charge in [0.2, 0.25) is 5.76 Å². The molecule has 49 heavy (non-hydrogen) atoms. The number of hydrogen-bond donors (Lipinski definition) is 4. The van der Waals surface area contributed by atoms with Crippen molar-refractivity contribution < 1.29 is 53.1 Å². The van der Waals surface area contributed by atoms with Gasteiger partial charge >= 0.3 is 12.1 Å². The SMILES string of the molecule is CCCc1c(OCCCC/C=C\C=C\[C@H](Sc2ccc3c(=O)cc(OC(=O)O)oc3c2)[C@H](O)c2coc(C(=O)O)c2)ccc(C(C)=O)c1O. The fourth-order valence-corrected chi connectivity index (χ4v) is 6.01. The van der Waals surface area contributed by atoms with Gasteiger partial charge in [-0.1, -0.05) is 37.6 Å². The van der Waals surface area contributed by atoms with Crippen LogP contribution >= 0.6 is 11.8 Å². The number of hydrogen-bond acceptors (Lipinski definition) is 11. The summed E-state index contributed by atoms with van der Waals surface area (Å²) in [6, 6.07) is 10.2. The van der Waals surface area contributed by atoms with E-state index in [1.807, 2.05) is 19.1 Å². The van der Waals surface area contributed by atoms with E-state index < -0.39 is 34.9 Å². The number of rotatable bonds is 17. The molecule has 0 saturated carbocycles. The maximum atomic E-state index is 12.4. The van der Waals surface area contributed by atoms with Crippen LogP contribution in [0.5, 0.6) is 17.4 Å². The maximum Gasteiger partial charge on any atom is 0.513 e. The first kappa shape index (κ1) is 36.6. The fourth-order valence-electron chi connectivity index (χ4n) is 4.92. The summed E-state index contributed by atoms with van der Waals surface area (Å²) in [6.45, 7) is 3.83. The van der Waals surface area contributed by atoms with E-state index in [9.17, 15) is 34.5 Å². The van der Waals surface area contributed by atoms with Crippen molar-refractivity contribution in [2.24, 2.45) is 0 Å². The molecule has 4 rings (SSSR count). The maximum absolute atomic E-state index is 12.4. The largest absolute Gasteiger partial charge is 0.513 e. The van der Waals surface area contributed by atoms with Crippen molar-refractivity contribution in [2.75, 3.05) is 6.61 Å². The van der Waals surface area contributed by atoms with E-state index in [4.69, 9.17) is 18.7 Å². The van der Waals surface area contributed by atoms with Gasteiger partial charge in [-0.15, -0.1) is 11.8 Å². The number of unbranched alkanes of at least 4 members (excludes halogenated alkanes) is 2. The molecule has 0 spiro atoms. The molecule has 4 aromatic rings. The molecule has 0 radical (unpaired) electrons. The molecule has 0 saturated heterocycles. The molecule has 258 valence electrons. The van der Waals surface area contributed by atoms with E-state index in [-0.39, 0.29) is 39.4 Å². The second-order valence-electron chi connectivity index (χ2n) is 10.9. The van der Waals surface area contributed by atoms with Gasteiger partial charge in [-0.3, -0.25) is 9.59 Å². The molecule has 0 amide bonds. The first-order chi connectivity index (χ1) is 23.5. The molecular weight excluding hydrogens is 656 g/mol.